The zero-order valence-electron chi connectivity index (χ0n) is 11.8. The number of nitrogens with zero attached hydrogens (tertiary/aromatic N) is 4. The maximum absolute atomic E-state index is 4.65. The highest BCUT2D eigenvalue weighted by molar-refractivity contribution is 5.66. The molecule has 0 radical (unpaired) electrons. The molecular formula is C14H18N4. The van der Waals surface area contributed by atoms with Gasteiger partial charge in [0.25, 0.3) is 0 Å². The Kier molecular flexibility index (Phi) is 3.11. The topological polar surface area (TPSA) is 51.6 Å². The van der Waals surface area contributed by atoms with Gasteiger partial charge in [0.05, 0.1) is 34.2 Å². The molecule has 0 N–H and O–H groups in total. The van der Waals surface area contributed by atoms with Gasteiger partial charge in [-0.05, 0) is 41.5 Å². The third-order valence-corrected chi connectivity index (χ3v) is 3.10. The van der Waals surface area contributed by atoms with E-state index in [0.717, 1.165) is 45.6 Å². The van der Waals surface area contributed by atoms with Crippen molar-refractivity contribution >= 4 is 0 Å². The quantitative estimate of drug-likeness (QED) is 0.771. The highest BCUT2D eigenvalue weighted by Gasteiger charge is 2.15. The van der Waals surface area contributed by atoms with Crippen LogP contribution in [0.2, 0.25) is 0 Å². The molecule has 2 aromatic rings. The van der Waals surface area contributed by atoms with Crippen LogP contribution in [0.5, 0.6) is 0 Å². The van der Waals surface area contributed by atoms with Crippen LogP contribution in [0.1, 0.15) is 34.3 Å². The molecule has 18 heavy (non-hydrogen) atoms. The summed E-state index contributed by atoms with van der Waals surface area (Å²) >= 11 is 0. The lowest BCUT2D eigenvalue weighted by molar-refractivity contribution is 0.957. The first-order chi connectivity index (χ1) is 8.40. The fourth-order valence-corrected chi connectivity index (χ4v) is 2.18. The van der Waals surface area contributed by atoms with E-state index >= 15 is 0 Å². The zero-order chi connectivity index (χ0) is 13.4. The van der Waals surface area contributed by atoms with Gasteiger partial charge in [0, 0.05) is 5.56 Å². The average molecular weight is 242 g/mol. The molecule has 4 nitrogen and oxygen atoms in total. The predicted octanol–water partition coefficient (Wildman–Crippen LogP) is 2.78. The van der Waals surface area contributed by atoms with Crippen LogP contribution in [0.4, 0.5) is 0 Å². The van der Waals surface area contributed by atoms with Crippen LogP contribution >= 0.6 is 0 Å². The molecule has 0 aliphatic rings. The van der Waals surface area contributed by atoms with Crippen molar-refractivity contribution in [2.45, 2.75) is 41.5 Å². The Morgan fingerprint density at radius 2 is 1.00 bits per heavy atom. The lowest BCUT2D eigenvalue weighted by Crippen LogP contribution is -2.05. The first-order valence-corrected chi connectivity index (χ1v) is 6.04. The van der Waals surface area contributed by atoms with E-state index in [9.17, 15) is 0 Å². The van der Waals surface area contributed by atoms with Crippen molar-refractivity contribution in [2.75, 3.05) is 0 Å². The van der Waals surface area contributed by atoms with Gasteiger partial charge in [-0.2, -0.15) is 0 Å². The Bertz CT molecular complexity index is 594. The lowest BCUT2D eigenvalue weighted by atomic mass is 10.1. The molecular weight excluding hydrogens is 224 g/mol. The molecule has 0 bridgehead atoms. The highest BCUT2D eigenvalue weighted by Crippen LogP contribution is 2.26. The van der Waals surface area contributed by atoms with Crippen LogP contribution in [0.3, 0.4) is 0 Å². The van der Waals surface area contributed by atoms with E-state index in [1.54, 1.807) is 0 Å². The molecule has 0 fully saturated rings. The fourth-order valence-electron chi connectivity index (χ4n) is 2.18. The van der Waals surface area contributed by atoms with E-state index in [-0.39, 0.29) is 0 Å². The van der Waals surface area contributed by atoms with E-state index in [1.807, 2.05) is 41.5 Å². The molecule has 0 aliphatic carbocycles. The molecule has 4 heteroatoms. The van der Waals surface area contributed by atoms with Gasteiger partial charge >= 0.3 is 0 Å². The second-order valence-electron chi connectivity index (χ2n) is 4.65. The SMILES string of the molecule is Cc1nc(C)c(-c2nc(C)c(C)nc2C)c(C)n1. The normalized spacial score (nSPS) is 10.8. The van der Waals surface area contributed by atoms with E-state index in [1.165, 1.54) is 0 Å². The summed E-state index contributed by atoms with van der Waals surface area (Å²) in [6.07, 6.45) is 0. The van der Waals surface area contributed by atoms with Crippen molar-refractivity contribution < 1.29 is 0 Å². The van der Waals surface area contributed by atoms with E-state index in [0.29, 0.717) is 0 Å². The summed E-state index contributed by atoms with van der Waals surface area (Å²) in [4.78, 5) is 18.0. The van der Waals surface area contributed by atoms with E-state index < -0.39 is 0 Å². The summed E-state index contributed by atoms with van der Waals surface area (Å²) in [6.45, 7) is 11.8. The molecule has 2 heterocycles. The smallest absolute Gasteiger partial charge is 0.125 e. The van der Waals surface area contributed by atoms with Crippen molar-refractivity contribution in [3.05, 3.63) is 34.3 Å². The lowest BCUT2D eigenvalue weighted by Gasteiger charge is -2.12. The predicted molar refractivity (Wildman–Crippen MR) is 71.5 cm³/mol. The zero-order valence-corrected chi connectivity index (χ0v) is 11.8. The summed E-state index contributed by atoms with van der Waals surface area (Å²) in [5, 5.41) is 0. The largest absolute Gasteiger partial charge is 0.254 e. The maximum atomic E-state index is 4.65. The van der Waals surface area contributed by atoms with Gasteiger partial charge in [-0.3, -0.25) is 4.98 Å². The standard InChI is InChI=1S/C14H18N4/c1-7-8(2)18-14(11(5)15-7)13-9(3)16-12(6)17-10(13)4/h1-6H3. The third kappa shape index (κ3) is 2.10. The molecule has 0 aliphatic heterocycles. The summed E-state index contributed by atoms with van der Waals surface area (Å²) < 4.78 is 0. The highest BCUT2D eigenvalue weighted by atomic mass is 14.9. The van der Waals surface area contributed by atoms with Gasteiger partial charge in [0.1, 0.15) is 5.82 Å². The molecule has 0 unspecified atom stereocenters. The van der Waals surface area contributed by atoms with E-state index in [4.69, 9.17) is 0 Å². The van der Waals surface area contributed by atoms with Crippen LogP contribution in [0, 0.1) is 41.5 Å². The van der Waals surface area contributed by atoms with Gasteiger partial charge in [-0.15, -0.1) is 0 Å². The average Bonchev–Trinajstić information content (AvgIpc) is 2.24. The Morgan fingerprint density at radius 3 is 1.56 bits per heavy atom. The monoisotopic (exact) mass is 242 g/mol. The summed E-state index contributed by atoms with van der Waals surface area (Å²) in [6, 6.07) is 0. The number of aromatic nitrogens is 4. The van der Waals surface area contributed by atoms with Gasteiger partial charge in [-0.1, -0.05) is 0 Å². The summed E-state index contributed by atoms with van der Waals surface area (Å²) in [7, 11) is 0. The third-order valence-electron chi connectivity index (χ3n) is 3.10. The van der Waals surface area contributed by atoms with Crippen LogP contribution in [-0.2, 0) is 0 Å². The minimum Gasteiger partial charge on any atom is -0.254 e. The first-order valence-electron chi connectivity index (χ1n) is 6.04. The number of rotatable bonds is 1. The van der Waals surface area contributed by atoms with Gasteiger partial charge in [0.15, 0.2) is 0 Å². The summed E-state index contributed by atoms with van der Waals surface area (Å²) in [5.41, 5.74) is 6.68. The Hall–Kier alpha value is -1.84. The number of aryl methyl sites for hydroxylation is 6. The number of hydrogen-bond acceptors (Lipinski definition) is 4. The van der Waals surface area contributed by atoms with Gasteiger partial charge < -0.3 is 0 Å². The van der Waals surface area contributed by atoms with Gasteiger partial charge in [-0.25, -0.2) is 15.0 Å². The molecule has 94 valence electrons. The van der Waals surface area contributed by atoms with Crippen LogP contribution in [-0.4, -0.2) is 19.9 Å². The molecule has 0 amide bonds. The molecule has 0 saturated carbocycles. The van der Waals surface area contributed by atoms with Crippen LogP contribution in [0.25, 0.3) is 11.3 Å². The molecule has 0 aromatic carbocycles. The fraction of sp³-hybridized carbons (Fsp3) is 0.429. The number of hydrogen-bond donors (Lipinski definition) is 0. The Morgan fingerprint density at radius 1 is 0.500 bits per heavy atom. The van der Waals surface area contributed by atoms with E-state index in [2.05, 4.69) is 19.9 Å². The van der Waals surface area contributed by atoms with Crippen molar-refractivity contribution in [2.24, 2.45) is 0 Å². The van der Waals surface area contributed by atoms with Crippen molar-refractivity contribution in [1.29, 1.82) is 0 Å². The van der Waals surface area contributed by atoms with Crippen molar-refractivity contribution in [1.82, 2.24) is 19.9 Å². The molecule has 2 rings (SSSR count). The maximum Gasteiger partial charge on any atom is 0.125 e. The first kappa shape index (κ1) is 12.6. The second-order valence-corrected chi connectivity index (χ2v) is 4.65. The van der Waals surface area contributed by atoms with Crippen molar-refractivity contribution in [3.8, 4) is 11.3 Å². The van der Waals surface area contributed by atoms with Crippen LogP contribution < -0.4 is 0 Å². The van der Waals surface area contributed by atoms with Gasteiger partial charge in [0.2, 0.25) is 0 Å². The minimum absolute atomic E-state index is 0.795. The molecule has 0 atom stereocenters. The van der Waals surface area contributed by atoms with Crippen molar-refractivity contribution in [3.63, 3.8) is 0 Å². The molecule has 2 aromatic heterocycles. The summed E-state index contributed by atoms with van der Waals surface area (Å²) in [5.74, 6) is 0.795. The Balaban J connectivity index is 2.73. The molecule has 0 spiro atoms. The second kappa shape index (κ2) is 4.44. The van der Waals surface area contributed by atoms with Crippen LogP contribution in [0.15, 0.2) is 0 Å². The Labute approximate surface area is 108 Å². The molecule has 0 saturated heterocycles. The minimum atomic E-state index is 0.795.